The number of carbonyl (C=O) groups excluding carboxylic acids is 1. The number of benzene rings is 3. The van der Waals surface area contributed by atoms with E-state index in [1.165, 1.54) is 18.5 Å². The Bertz CT molecular complexity index is 1470. The number of carbonyl (C=O) groups is 1. The average molecular weight is 597 g/mol. The maximum absolute atomic E-state index is 12.3. The third-order valence-electron chi connectivity index (χ3n) is 5.71. The second kappa shape index (κ2) is 14.3. The lowest BCUT2D eigenvalue weighted by molar-refractivity contribution is -0.274. The molecule has 0 radical (unpaired) electrons. The Balaban J connectivity index is 1.36. The number of hydrogen-bond acceptors (Lipinski definition) is 7. The first-order valence-electron chi connectivity index (χ1n) is 12.8. The fourth-order valence-electron chi connectivity index (χ4n) is 3.72. The largest absolute Gasteiger partial charge is 0.573 e. The molecular formula is C29H27F3N6O3S. The molecule has 13 heteroatoms. The van der Waals surface area contributed by atoms with Crippen LogP contribution in [0.25, 0.3) is 0 Å². The fourth-order valence-corrected chi connectivity index (χ4v) is 4.64. The maximum Gasteiger partial charge on any atom is 0.573 e. The standard InChI is InChI=1S/C29H27F3N6O3S/c1-2-40-27(39)22-8-12-24(13-9-22)38-16-3-17-42-28(38)37-36-18-20-4-6-21(7-5-20)26(33)35-19-34-23-10-14-25(15-11-23)41-29(30,31)32/h4-15,18-19H,2-3,16-17H2,1H3,(H2,33,34,35)/b36-18-,37-28+. The number of esters is 1. The van der Waals surface area contributed by atoms with Crippen molar-refractivity contribution >= 4 is 52.7 Å². The monoisotopic (exact) mass is 596 g/mol. The van der Waals surface area contributed by atoms with Crippen LogP contribution in [0.2, 0.25) is 0 Å². The molecule has 0 bridgehead atoms. The van der Waals surface area contributed by atoms with Crippen LogP contribution in [0.5, 0.6) is 5.75 Å². The Kier molecular flexibility index (Phi) is 10.3. The second-order valence-electron chi connectivity index (χ2n) is 8.67. The molecule has 0 saturated carbocycles. The minimum Gasteiger partial charge on any atom is -0.462 e. The Labute approximate surface area is 244 Å². The number of aliphatic imine (C=N–C) groups is 2. The number of hydrogen-bond donors (Lipinski definition) is 1. The van der Waals surface area contributed by atoms with Crippen LogP contribution in [0.15, 0.2) is 93.0 Å². The normalized spacial score (nSPS) is 15.5. The number of anilines is 1. The van der Waals surface area contributed by atoms with Crippen LogP contribution in [-0.4, -0.2) is 54.8 Å². The van der Waals surface area contributed by atoms with Gasteiger partial charge in [-0.25, -0.2) is 14.8 Å². The van der Waals surface area contributed by atoms with Gasteiger partial charge in [-0.1, -0.05) is 36.0 Å². The van der Waals surface area contributed by atoms with Crippen molar-refractivity contribution < 1.29 is 27.4 Å². The highest BCUT2D eigenvalue weighted by molar-refractivity contribution is 8.14. The first-order chi connectivity index (χ1) is 20.2. The molecule has 42 heavy (non-hydrogen) atoms. The number of alkyl halides is 3. The zero-order valence-electron chi connectivity index (χ0n) is 22.5. The molecule has 3 aromatic carbocycles. The average Bonchev–Trinajstić information content (AvgIpc) is 2.98. The summed E-state index contributed by atoms with van der Waals surface area (Å²) in [4.78, 5) is 22.2. The van der Waals surface area contributed by atoms with E-state index in [1.807, 2.05) is 24.3 Å². The minimum atomic E-state index is -4.75. The molecule has 2 N–H and O–H groups in total. The summed E-state index contributed by atoms with van der Waals surface area (Å²) in [6, 6.07) is 19.5. The van der Waals surface area contributed by atoms with Crippen molar-refractivity contribution in [3.63, 3.8) is 0 Å². The van der Waals surface area contributed by atoms with Crippen LogP contribution in [0.4, 0.5) is 24.5 Å². The summed E-state index contributed by atoms with van der Waals surface area (Å²) >= 11 is 1.61. The summed E-state index contributed by atoms with van der Waals surface area (Å²) in [5, 5.41) is 9.45. The van der Waals surface area contributed by atoms with Gasteiger partial charge in [0.1, 0.15) is 17.9 Å². The van der Waals surface area contributed by atoms with E-state index in [-0.39, 0.29) is 17.6 Å². The Hall–Kier alpha value is -4.65. The molecule has 0 spiro atoms. The summed E-state index contributed by atoms with van der Waals surface area (Å²) in [5.41, 5.74) is 9.29. The molecule has 0 atom stereocenters. The van der Waals surface area contributed by atoms with Gasteiger partial charge in [-0.2, -0.15) is 5.10 Å². The highest BCUT2D eigenvalue weighted by Gasteiger charge is 2.30. The topological polar surface area (TPSA) is 114 Å². The lowest BCUT2D eigenvalue weighted by Crippen LogP contribution is -2.33. The molecule has 0 unspecified atom stereocenters. The predicted molar refractivity (Wildman–Crippen MR) is 160 cm³/mol. The third-order valence-corrected chi connectivity index (χ3v) is 6.76. The van der Waals surface area contributed by atoms with E-state index in [4.69, 9.17) is 10.5 Å². The zero-order chi connectivity index (χ0) is 30.0. The van der Waals surface area contributed by atoms with Gasteiger partial charge in [0.25, 0.3) is 0 Å². The van der Waals surface area contributed by atoms with Crippen molar-refractivity contribution in [3.8, 4) is 5.75 Å². The van der Waals surface area contributed by atoms with Gasteiger partial charge in [-0.15, -0.1) is 18.3 Å². The lowest BCUT2D eigenvalue weighted by atomic mass is 10.1. The summed E-state index contributed by atoms with van der Waals surface area (Å²) in [6.07, 6.45) is -0.908. The first-order valence-corrected chi connectivity index (χ1v) is 13.8. The number of nitrogens with zero attached hydrogens (tertiary/aromatic N) is 5. The molecule has 1 aliphatic rings. The minimum absolute atomic E-state index is 0.211. The summed E-state index contributed by atoms with van der Waals surface area (Å²) in [5.74, 6) is 0.453. The van der Waals surface area contributed by atoms with E-state index in [9.17, 15) is 18.0 Å². The first kappa shape index (κ1) is 30.3. The van der Waals surface area contributed by atoms with Crippen molar-refractivity contribution in [3.05, 3.63) is 89.5 Å². The molecule has 1 saturated heterocycles. The number of thioether (sulfide) groups is 1. The van der Waals surface area contributed by atoms with Crippen LogP contribution in [0.1, 0.15) is 34.8 Å². The van der Waals surface area contributed by atoms with Gasteiger partial charge < -0.3 is 20.1 Å². The maximum atomic E-state index is 12.3. The van der Waals surface area contributed by atoms with E-state index >= 15 is 0 Å². The van der Waals surface area contributed by atoms with E-state index in [1.54, 1.807) is 49.2 Å². The highest BCUT2D eigenvalue weighted by Crippen LogP contribution is 2.26. The SMILES string of the molecule is CCOC(=O)c1ccc(N2CCCS/C2=N/N=C\c2ccc(C(N)=NC=Nc3ccc(OC(F)(F)F)cc3)cc2)cc1. The molecule has 3 aromatic rings. The number of nitrogens with two attached hydrogens (primary N) is 1. The predicted octanol–water partition coefficient (Wildman–Crippen LogP) is 6.16. The molecule has 1 fully saturated rings. The molecule has 218 valence electrons. The van der Waals surface area contributed by atoms with Crippen LogP contribution in [-0.2, 0) is 4.74 Å². The number of rotatable bonds is 9. The zero-order valence-corrected chi connectivity index (χ0v) is 23.3. The molecule has 1 aliphatic heterocycles. The van der Waals surface area contributed by atoms with Crippen LogP contribution < -0.4 is 15.4 Å². The van der Waals surface area contributed by atoms with E-state index in [2.05, 4.69) is 29.8 Å². The second-order valence-corrected chi connectivity index (χ2v) is 9.73. The summed E-state index contributed by atoms with van der Waals surface area (Å²) in [7, 11) is 0. The summed E-state index contributed by atoms with van der Waals surface area (Å²) in [6.45, 7) is 2.88. The van der Waals surface area contributed by atoms with Crippen molar-refractivity contribution in [1.29, 1.82) is 0 Å². The molecule has 9 nitrogen and oxygen atoms in total. The third kappa shape index (κ3) is 8.93. The Morgan fingerprint density at radius 3 is 2.38 bits per heavy atom. The van der Waals surface area contributed by atoms with Gasteiger partial charge in [0, 0.05) is 23.5 Å². The Morgan fingerprint density at radius 1 is 1.02 bits per heavy atom. The van der Waals surface area contributed by atoms with Crippen molar-refractivity contribution in [1.82, 2.24) is 0 Å². The summed E-state index contributed by atoms with van der Waals surface area (Å²) < 4.78 is 45.7. The van der Waals surface area contributed by atoms with Crippen LogP contribution in [0.3, 0.4) is 0 Å². The van der Waals surface area contributed by atoms with Gasteiger partial charge >= 0.3 is 12.3 Å². The quantitative estimate of drug-likeness (QED) is 0.137. The molecule has 1 heterocycles. The molecular weight excluding hydrogens is 569 g/mol. The molecule has 0 aliphatic carbocycles. The Morgan fingerprint density at radius 2 is 1.71 bits per heavy atom. The number of ether oxygens (including phenoxy) is 2. The van der Waals surface area contributed by atoms with Crippen molar-refractivity contribution in [2.24, 2.45) is 25.9 Å². The van der Waals surface area contributed by atoms with Crippen molar-refractivity contribution in [2.75, 3.05) is 23.8 Å². The van der Waals surface area contributed by atoms with E-state index in [0.29, 0.717) is 23.4 Å². The number of amidine groups is 2. The highest BCUT2D eigenvalue weighted by atomic mass is 32.2. The van der Waals surface area contributed by atoms with Gasteiger partial charge in [-0.05, 0) is 67.4 Å². The fraction of sp³-hybridized carbons (Fsp3) is 0.207. The molecule has 0 amide bonds. The smallest absolute Gasteiger partial charge is 0.462 e. The van der Waals surface area contributed by atoms with E-state index in [0.717, 1.165) is 47.3 Å². The molecule has 0 aromatic heterocycles. The van der Waals surface area contributed by atoms with Crippen LogP contribution in [0, 0.1) is 0 Å². The van der Waals surface area contributed by atoms with Crippen LogP contribution >= 0.6 is 11.8 Å². The van der Waals surface area contributed by atoms with E-state index < -0.39 is 6.36 Å². The lowest BCUT2D eigenvalue weighted by Gasteiger charge is -2.28. The van der Waals surface area contributed by atoms with Gasteiger partial charge in [-0.3, -0.25) is 0 Å². The van der Waals surface area contributed by atoms with Gasteiger partial charge in [0.15, 0.2) is 5.17 Å². The van der Waals surface area contributed by atoms with Crippen molar-refractivity contribution in [2.45, 2.75) is 19.7 Å². The van der Waals surface area contributed by atoms with Gasteiger partial charge in [0.05, 0.1) is 24.1 Å². The van der Waals surface area contributed by atoms with Gasteiger partial charge in [0.2, 0.25) is 0 Å². The number of halogens is 3. The molecule has 4 rings (SSSR count).